The van der Waals surface area contributed by atoms with Crippen LogP contribution in [-0.4, -0.2) is 42.7 Å². The first-order chi connectivity index (χ1) is 13.4. The van der Waals surface area contributed by atoms with Gasteiger partial charge in [-0.25, -0.2) is 4.68 Å². The smallest absolute Gasteiger partial charge is 0.227 e. The van der Waals surface area contributed by atoms with Crippen molar-refractivity contribution in [1.29, 1.82) is 0 Å². The Kier molecular flexibility index (Phi) is 5.93. The monoisotopic (exact) mass is 384 g/mol. The fourth-order valence-corrected chi connectivity index (χ4v) is 2.83. The topological polar surface area (TPSA) is 127 Å². The Morgan fingerprint density at radius 3 is 2.54 bits per heavy atom. The number of nitrogens with two attached hydrogens (primary N) is 1. The largest absolute Gasteiger partial charge is 0.398 e. The minimum absolute atomic E-state index is 0.00985. The molecule has 0 aliphatic carbocycles. The number of fused-ring (bicyclic) bond motifs is 1. The van der Waals surface area contributed by atoms with Crippen molar-refractivity contribution in [1.82, 2.24) is 25.0 Å². The van der Waals surface area contributed by atoms with Crippen molar-refractivity contribution < 1.29 is 5.11 Å². The van der Waals surface area contributed by atoms with E-state index in [1.165, 1.54) is 0 Å². The second kappa shape index (κ2) is 8.39. The van der Waals surface area contributed by atoms with Gasteiger partial charge in [-0.1, -0.05) is 37.3 Å². The lowest BCUT2D eigenvalue weighted by Crippen LogP contribution is -2.30. The lowest BCUT2D eigenvalue weighted by molar-refractivity contribution is 0.248. The van der Waals surface area contributed by atoms with Gasteiger partial charge in [0.2, 0.25) is 5.95 Å². The number of para-hydroxylation sites is 1. The van der Waals surface area contributed by atoms with Crippen LogP contribution in [0.1, 0.15) is 39.3 Å². The van der Waals surface area contributed by atoms with Crippen molar-refractivity contribution in [2.24, 2.45) is 5.92 Å². The van der Waals surface area contributed by atoms with E-state index in [0.717, 1.165) is 5.56 Å². The number of aromatic nitrogens is 5. The van der Waals surface area contributed by atoms with Gasteiger partial charge in [-0.15, -0.1) is 5.10 Å². The first-order valence-corrected chi connectivity index (χ1v) is 9.48. The number of nitrogen functional groups attached to an aromatic ring is 1. The molecule has 9 nitrogen and oxygen atoms in total. The van der Waals surface area contributed by atoms with Gasteiger partial charge in [0, 0.05) is 12.2 Å². The summed E-state index contributed by atoms with van der Waals surface area (Å²) in [6.45, 7) is 8.59. The first-order valence-electron chi connectivity index (χ1n) is 9.48. The number of nitrogens with zero attached hydrogens (tertiary/aromatic N) is 5. The highest BCUT2D eigenvalue weighted by Crippen LogP contribution is 2.24. The molecule has 1 unspecified atom stereocenters. The number of nitrogens with one attached hydrogen (secondary N) is 2. The van der Waals surface area contributed by atoms with Crippen molar-refractivity contribution in [3.8, 4) is 0 Å². The lowest BCUT2D eigenvalue weighted by atomic mass is 10.1. The highest BCUT2D eigenvalue weighted by molar-refractivity contribution is 5.83. The van der Waals surface area contributed by atoms with Gasteiger partial charge in [0.05, 0.1) is 18.7 Å². The van der Waals surface area contributed by atoms with Gasteiger partial charge in [-0.3, -0.25) is 0 Å². The van der Waals surface area contributed by atoms with Crippen LogP contribution in [0.15, 0.2) is 24.3 Å². The maximum atomic E-state index is 9.65. The van der Waals surface area contributed by atoms with E-state index in [4.69, 9.17) is 5.73 Å². The van der Waals surface area contributed by atoms with Crippen molar-refractivity contribution in [3.05, 3.63) is 29.8 Å². The normalized spacial score (nSPS) is 12.7. The molecule has 1 atom stereocenters. The minimum atomic E-state index is -0.154. The molecule has 3 rings (SSSR count). The summed E-state index contributed by atoms with van der Waals surface area (Å²) < 4.78 is 1.76. The van der Waals surface area contributed by atoms with E-state index in [0.29, 0.717) is 35.2 Å². The second-order valence-corrected chi connectivity index (χ2v) is 7.43. The molecule has 0 saturated carbocycles. The molecule has 28 heavy (non-hydrogen) atoms. The van der Waals surface area contributed by atoms with E-state index in [2.05, 4.69) is 30.9 Å². The summed E-state index contributed by atoms with van der Waals surface area (Å²) in [6, 6.07) is 7.62. The molecule has 0 fully saturated rings. The number of anilines is 3. The summed E-state index contributed by atoms with van der Waals surface area (Å²) in [5.74, 6) is 1.22. The highest BCUT2D eigenvalue weighted by Gasteiger charge is 2.19. The summed E-state index contributed by atoms with van der Waals surface area (Å²) in [4.78, 5) is 9.19. The predicted octanol–water partition coefficient (Wildman–Crippen LogP) is 2.43. The van der Waals surface area contributed by atoms with Crippen LogP contribution in [0.2, 0.25) is 0 Å². The zero-order chi connectivity index (χ0) is 20.3. The number of benzene rings is 1. The SMILES string of the molecule is CC(C)C(CO)Nc1nc(NCc2ccccc2N)c2nnn(C(C)C)c2n1. The fourth-order valence-electron chi connectivity index (χ4n) is 2.83. The molecule has 0 bridgehead atoms. The van der Waals surface area contributed by atoms with Gasteiger partial charge >= 0.3 is 0 Å². The van der Waals surface area contributed by atoms with Gasteiger partial charge < -0.3 is 21.5 Å². The summed E-state index contributed by atoms with van der Waals surface area (Å²) in [6.07, 6.45) is 0. The third-order valence-corrected chi connectivity index (χ3v) is 4.63. The number of aliphatic hydroxyl groups excluding tert-OH is 1. The Bertz CT molecular complexity index is 937. The molecule has 5 N–H and O–H groups in total. The third-order valence-electron chi connectivity index (χ3n) is 4.63. The van der Waals surface area contributed by atoms with E-state index in [9.17, 15) is 5.11 Å². The molecule has 0 aliphatic heterocycles. The van der Waals surface area contributed by atoms with Gasteiger partial charge in [0.15, 0.2) is 17.0 Å². The molecule has 0 aliphatic rings. The summed E-state index contributed by atoms with van der Waals surface area (Å²) in [7, 11) is 0. The Morgan fingerprint density at radius 1 is 1.14 bits per heavy atom. The molecule has 0 amide bonds. The first kappa shape index (κ1) is 19.8. The molecule has 3 aromatic rings. The van der Waals surface area contributed by atoms with Gasteiger partial charge in [0.1, 0.15) is 0 Å². The molecule has 0 saturated heterocycles. The van der Waals surface area contributed by atoms with Crippen LogP contribution in [0.25, 0.3) is 11.2 Å². The van der Waals surface area contributed by atoms with Crippen molar-refractivity contribution in [2.45, 2.75) is 46.3 Å². The van der Waals surface area contributed by atoms with Crippen LogP contribution in [0.4, 0.5) is 17.5 Å². The number of aliphatic hydroxyl groups is 1. The van der Waals surface area contributed by atoms with Crippen LogP contribution in [0, 0.1) is 5.92 Å². The van der Waals surface area contributed by atoms with E-state index in [-0.39, 0.29) is 24.6 Å². The van der Waals surface area contributed by atoms with E-state index in [1.807, 2.05) is 52.0 Å². The maximum Gasteiger partial charge on any atom is 0.227 e. The van der Waals surface area contributed by atoms with Crippen molar-refractivity contribution in [3.63, 3.8) is 0 Å². The third kappa shape index (κ3) is 4.14. The summed E-state index contributed by atoms with van der Waals surface area (Å²) >= 11 is 0. The molecule has 150 valence electrons. The Morgan fingerprint density at radius 2 is 1.89 bits per heavy atom. The molecule has 1 aromatic carbocycles. The Hall–Kier alpha value is -2.94. The van der Waals surface area contributed by atoms with Crippen LogP contribution in [0.3, 0.4) is 0 Å². The van der Waals surface area contributed by atoms with E-state index >= 15 is 0 Å². The minimum Gasteiger partial charge on any atom is -0.398 e. The Balaban J connectivity index is 1.98. The average Bonchev–Trinajstić information content (AvgIpc) is 3.09. The fraction of sp³-hybridized carbons (Fsp3) is 0.474. The number of hydrogen-bond acceptors (Lipinski definition) is 8. The quantitative estimate of drug-likeness (QED) is 0.436. The number of hydrogen-bond donors (Lipinski definition) is 4. The number of rotatable bonds is 8. The predicted molar refractivity (Wildman–Crippen MR) is 111 cm³/mol. The highest BCUT2D eigenvalue weighted by atomic mass is 16.3. The molecular weight excluding hydrogens is 356 g/mol. The average molecular weight is 384 g/mol. The molecule has 0 spiro atoms. The van der Waals surface area contributed by atoms with E-state index in [1.54, 1.807) is 4.68 Å². The molecule has 0 radical (unpaired) electrons. The zero-order valence-corrected chi connectivity index (χ0v) is 16.7. The molecule has 2 heterocycles. The van der Waals surface area contributed by atoms with Crippen LogP contribution in [-0.2, 0) is 6.54 Å². The Labute approximate surface area is 164 Å². The van der Waals surface area contributed by atoms with E-state index < -0.39 is 0 Å². The maximum absolute atomic E-state index is 9.65. The van der Waals surface area contributed by atoms with Crippen LogP contribution in [0.5, 0.6) is 0 Å². The van der Waals surface area contributed by atoms with Crippen LogP contribution >= 0.6 is 0 Å². The van der Waals surface area contributed by atoms with Gasteiger partial charge in [-0.2, -0.15) is 9.97 Å². The molecule has 9 heteroatoms. The van der Waals surface area contributed by atoms with Crippen molar-refractivity contribution >= 4 is 28.6 Å². The van der Waals surface area contributed by atoms with Crippen LogP contribution < -0.4 is 16.4 Å². The van der Waals surface area contributed by atoms with Crippen molar-refractivity contribution in [2.75, 3.05) is 23.0 Å². The van der Waals surface area contributed by atoms with Gasteiger partial charge in [0.25, 0.3) is 0 Å². The standard InChI is InChI=1S/C19H28N8O/c1-11(2)15(10-28)22-19-23-17(21-9-13-7-5-6-8-14(13)20)16-18(24-19)27(12(3)4)26-25-16/h5-8,11-12,15,28H,9-10,20H2,1-4H3,(H2,21,22,23,24). The zero-order valence-electron chi connectivity index (χ0n) is 16.7. The summed E-state index contributed by atoms with van der Waals surface area (Å²) in [5.41, 5.74) is 8.96. The molecule has 2 aromatic heterocycles. The summed E-state index contributed by atoms with van der Waals surface area (Å²) in [5, 5.41) is 24.7. The lowest BCUT2D eigenvalue weighted by Gasteiger charge is -2.20. The molecular formula is C19H28N8O. The van der Waals surface area contributed by atoms with Gasteiger partial charge in [-0.05, 0) is 31.4 Å². The second-order valence-electron chi connectivity index (χ2n) is 7.43.